The summed E-state index contributed by atoms with van der Waals surface area (Å²) in [5, 5.41) is 6.96. The molecular weight excluding hydrogens is 368 g/mol. The van der Waals surface area contributed by atoms with E-state index in [1.54, 1.807) is 17.3 Å². The number of nitrogens with zero attached hydrogens (tertiary/aromatic N) is 3. The van der Waals surface area contributed by atoms with E-state index in [4.69, 9.17) is 22.3 Å². The van der Waals surface area contributed by atoms with Crippen LogP contribution in [0.4, 0.5) is 9.59 Å². The molecule has 3 N–H and O–H groups in total. The second-order valence-corrected chi connectivity index (χ2v) is 7.56. The van der Waals surface area contributed by atoms with Gasteiger partial charge in [-0.2, -0.15) is 18.2 Å². The number of urea groups is 1. The lowest BCUT2D eigenvalue weighted by atomic mass is 9.99. The molecular formula is C14H20N4O7S. The predicted octanol–water partition coefficient (Wildman–Crippen LogP) is 0.804. The fourth-order valence-corrected chi connectivity index (χ4v) is 2.47. The summed E-state index contributed by atoms with van der Waals surface area (Å²) in [6.07, 6.45) is 4.74. The van der Waals surface area contributed by atoms with Crippen molar-refractivity contribution in [2.75, 3.05) is 13.1 Å². The molecule has 144 valence electrons. The number of carbonyl (C=O) groups excluding carboxylic acids is 2. The molecule has 0 aromatic carbocycles. The van der Waals surface area contributed by atoms with Gasteiger partial charge in [-0.15, -0.1) is 0 Å². The Labute approximate surface area is 150 Å². The van der Waals surface area contributed by atoms with Crippen LogP contribution in [0.15, 0.2) is 18.5 Å². The van der Waals surface area contributed by atoms with Gasteiger partial charge in [-0.3, -0.25) is 9.11 Å². The average molecular weight is 388 g/mol. The van der Waals surface area contributed by atoms with Crippen LogP contribution in [0.2, 0.25) is 0 Å². The molecule has 1 saturated heterocycles. The van der Waals surface area contributed by atoms with Gasteiger partial charge in [0.2, 0.25) is 0 Å². The summed E-state index contributed by atoms with van der Waals surface area (Å²) in [6.45, 7) is 6.66. The fraction of sp³-hybridized carbons (Fsp3) is 0.500. The molecule has 2 bridgehead atoms. The van der Waals surface area contributed by atoms with Crippen molar-refractivity contribution < 1.29 is 31.8 Å². The smallest absolute Gasteiger partial charge is 0.435 e. The topological polar surface area (TPSA) is 151 Å². The normalized spacial score (nSPS) is 19.3. The van der Waals surface area contributed by atoms with Gasteiger partial charge in [0, 0.05) is 24.8 Å². The summed E-state index contributed by atoms with van der Waals surface area (Å²) in [6, 6.07) is -0.0895. The van der Waals surface area contributed by atoms with Gasteiger partial charge in [-0.25, -0.2) is 9.59 Å². The molecule has 1 aromatic rings. The lowest BCUT2D eigenvalue weighted by molar-refractivity contribution is 0.0514. The summed E-state index contributed by atoms with van der Waals surface area (Å²) < 4.78 is 38.0. The maximum atomic E-state index is 11.9. The first-order valence-electron chi connectivity index (χ1n) is 7.57. The number of hydrogen-bond donors (Lipinski definition) is 3. The molecule has 1 unspecified atom stereocenters. The van der Waals surface area contributed by atoms with Gasteiger partial charge in [0.15, 0.2) is 0 Å². The minimum absolute atomic E-state index is 0.0393. The summed E-state index contributed by atoms with van der Waals surface area (Å²) >= 11 is 0. The van der Waals surface area contributed by atoms with Crippen molar-refractivity contribution in [3.8, 4) is 0 Å². The van der Waals surface area contributed by atoms with E-state index in [1.165, 1.54) is 4.68 Å². The molecule has 2 aliphatic heterocycles. The number of rotatable bonds is 1. The Balaban J connectivity index is 0.000000431. The molecule has 1 fully saturated rings. The second kappa shape index (κ2) is 7.05. The molecule has 2 aliphatic rings. The zero-order valence-electron chi connectivity index (χ0n) is 14.4. The van der Waals surface area contributed by atoms with E-state index in [1.807, 2.05) is 26.8 Å². The van der Waals surface area contributed by atoms with Crippen LogP contribution in [0, 0.1) is 0 Å². The van der Waals surface area contributed by atoms with Crippen molar-refractivity contribution in [1.29, 1.82) is 0 Å². The van der Waals surface area contributed by atoms with E-state index < -0.39 is 22.1 Å². The average Bonchev–Trinajstić information content (AvgIpc) is 3.02. The lowest BCUT2D eigenvalue weighted by Gasteiger charge is -2.20. The summed E-state index contributed by atoms with van der Waals surface area (Å²) in [7, 11) is -4.67. The van der Waals surface area contributed by atoms with E-state index in [0.717, 1.165) is 11.1 Å². The number of hydrogen-bond acceptors (Lipinski definition) is 6. The van der Waals surface area contributed by atoms with Crippen molar-refractivity contribution in [2.24, 2.45) is 0 Å². The van der Waals surface area contributed by atoms with E-state index in [0.29, 0.717) is 13.1 Å². The van der Waals surface area contributed by atoms with E-state index >= 15 is 0 Å². The van der Waals surface area contributed by atoms with Gasteiger partial charge >= 0.3 is 22.5 Å². The van der Waals surface area contributed by atoms with Crippen molar-refractivity contribution in [2.45, 2.75) is 32.4 Å². The Hall–Kier alpha value is -2.44. The Morgan fingerprint density at radius 1 is 1.38 bits per heavy atom. The summed E-state index contributed by atoms with van der Waals surface area (Å²) in [5.41, 5.74) is 1.26. The maximum absolute atomic E-state index is 11.9. The maximum Gasteiger partial charge on any atom is 0.435 e. The number of carbonyl (C=O) groups is 2. The monoisotopic (exact) mass is 388 g/mol. The third-order valence-electron chi connectivity index (χ3n) is 3.39. The minimum Gasteiger partial charge on any atom is -0.442 e. The number of ether oxygens (including phenoxy) is 1. The molecule has 1 aromatic heterocycles. The molecule has 0 aliphatic carbocycles. The highest BCUT2D eigenvalue weighted by Gasteiger charge is 2.35. The number of amides is 2. The van der Waals surface area contributed by atoms with E-state index in [-0.39, 0.29) is 12.1 Å². The third kappa shape index (κ3) is 5.54. The van der Waals surface area contributed by atoms with Crippen LogP contribution in [0.25, 0.3) is 5.57 Å². The quantitative estimate of drug-likeness (QED) is 0.598. The van der Waals surface area contributed by atoms with Crippen LogP contribution in [0.5, 0.6) is 0 Å². The lowest BCUT2D eigenvalue weighted by Crippen LogP contribution is -2.29. The largest absolute Gasteiger partial charge is 0.442 e. The molecule has 12 heteroatoms. The van der Waals surface area contributed by atoms with Gasteiger partial charge in [0.25, 0.3) is 0 Å². The molecule has 0 saturated carbocycles. The molecule has 3 heterocycles. The molecule has 3 rings (SSSR count). The van der Waals surface area contributed by atoms with Crippen LogP contribution in [-0.4, -0.2) is 69.1 Å². The van der Waals surface area contributed by atoms with Gasteiger partial charge in [0.05, 0.1) is 12.2 Å². The third-order valence-corrected chi connectivity index (χ3v) is 3.39. The first-order chi connectivity index (χ1) is 11.8. The molecule has 0 radical (unpaired) electrons. The zero-order valence-corrected chi connectivity index (χ0v) is 15.2. The first kappa shape index (κ1) is 19.9. The van der Waals surface area contributed by atoms with Crippen molar-refractivity contribution >= 4 is 28.1 Å². The van der Waals surface area contributed by atoms with Crippen LogP contribution in [0.3, 0.4) is 0 Å². The molecule has 1 atom stereocenters. The van der Waals surface area contributed by atoms with Crippen LogP contribution < -0.4 is 5.32 Å². The van der Waals surface area contributed by atoms with E-state index in [9.17, 15) is 9.59 Å². The van der Waals surface area contributed by atoms with Crippen LogP contribution in [-0.2, 0) is 15.1 Å². The Kier molecular flexibility index (Phi) is 5.39. The second-order valence-electron chi connectivity index (χ2n) is 6.67. The molecule has 26 heavy (non-hydrogen) atoms. The van der Waals surface area contributed by atoms with Gasteiger partial charge in [-0.05, 0) is 26.3 Å². The highest BCUT2D eigenvalue weighted by Crippen LogP contribution is 2.26. The molecule has 2 amide bonds. The van der Waals surface area contributed by atoms with Crippen molar-refractivity contribution in [1.82, 2.24) is 20.0 Å². The van der Waals surface area contributed by atoms with Crippen LogP contribution in [0.1, 0.15) is 26.3 Å². The van der Waals surface area contributed by atoms with E-state index in [2.05, 4.69) is 10.4 Å². The molecule has 0 spiro atoms. The summed E-state index contributed by atoms with van der Waals surface area (Å²) in [4.78, 5) is 25.3. The van der Waals surface area contributed by atoms with Crippen LogP contribution >= 0.6 is 0 Å². The Bertz CT molecular complexity index is 830. The summed E-state index contributed by atoms with van der Waals surface area (Å²) in [5.74, 6) is 0. The SMILES string of the molecule is CC(C)(C)OC(=O)n1cc(C2=CCN3CC2NC3=O)cn1.O=S(=O)(O)O. The fourth-order valence-electron chi connectivity index (χ4n) is 2.47. The highest BCUT2D eigenvalue weighted by molar-refractivity contribution is 7.79. The number of nitrogens with one attached hydrogen (secondary N) is 1. The number of aromatic nitrogens is 2. The van der Waals surface area contributed by atoms with Gasteiger partial charge in [-0.1, -0.05) is 6.08 Å². The minimum atomic E-state index is -4.67. The highest BCUT2D eigenvalue weighted by atomic mass is 32.3. The zero-order chi connectivity index (χ0) is 19.7. The standard InChI is InChI=1S/C14H18N4O3.H2O4S/c1-14(2,3)21-13(20)18-7-9(6-15-18)10-4-5-17-8-11(10)16-12(17)19;1-5(2,3)4/h4,6-7,11H,5,8H2,1-3H3,(H,16,19);(H2,1,2,3,4). The molecule has 11 nitrogen and oxygen atoms in total. The Morgan fingerprint density at radius 2 is 2.00 bits per heavy atom. The van der Waals surface area contributed by atoms with Gasteiger partial charge in [0.1, 0.15) is 5.60 Å². The Morgan fingerprint density at radius 3 is 2.58 bits per heavy atom. The predicted molar refractivity (Wildman–Crippen MR) is 89.9 cm³/mol. The first-order valence-corrected chi connectivity index (χ1v) is 8.97. The van der Waals surface area contributed by atoms with Crippen molar-refractivity contribution in [3.05, 3.63) is 24.0 Å². The van der Waals surface area contributed by atoms with Gasteiger partial charge < -0.3 is 15.0 Å². The number of fused-ring (bicyclic) bond motifs is 2. The van der Waals surface area contributed by atoms with Crippen molar-refractivity contribution in [3.63, 3.8) is 0 Å².